The summed E-state index contributed by atoms with van der Waals surface area (Å²) < 4.78 is 5.41. The van der Waals surface area contributed by atoms with Gasteiger partial charge in [0.05, 0.1) is 12.5 Å². The van der Waals surface area contributed by atoms with Crippen LogP contribution in [0.2, 0.25) is 0 Å². The quantitative estimate of drug-likeness (QED) is 0.860. The van der Waals surface area contributed by atoms with E-state index in [1.165, 1.54) is 5.56 Å². The van der Waals surface area contributed by atoms with Gasteiger partial charge in [0.2, 0.25) is 0 Å². The number of nitrogens with zero attached hydrogens (tertiary/aromatic N) is 3. The zero-order valence-electron chi connectivity index (χ0n) is 14.2. The highest BCUT2D eigenvalue weighted by Crippen LogP contribution is 2.14. The summed E-state index contributed by atoms with van der Waals surface area (Å²) in [6.07, 6.45) is 0.216. The van der Waals surface area contributed by atoms with E-state index >= 15 is 0 Å². The molecule has 1 aliphatic rings. The first-order chi connectivity index (χ1) is 10.9. The van der Waals surface area contributed by atoms with Crippen molar-refractivity contribution in [3.63, 3.8) is 0 Å². The van der Waals surface area contributed by atoms with Gasteiger partial charge in [0.15, 0.2) is 0 Å². The van der Waals surface area contributed by atoms with Crippen LogP contribution in [0.25, 0.3) is 0 Å². The summed E-state index contributed by atoms with van der Waals surface area (Å²) in [6.45, 7) is 9.55. The summed E-state index contributed by atoms with van der Waals surface area (Å²) in [5.41, 5.74) is 1.82. The van der Waals surface area contributed by atoms with E-state index in [1.807, 2.05) is 32.9 Å². The van der Waals surface area contributed by atoms with E-state index in [0.717, 1.165) is 25.2 Å². The second kappa shape index (κ2) is 7.47. The number of nitriles is 1. The summed E-state index contributed by atoms with van der Waals surface area (Å²) in [5, 5.41) is 8.78. The van der Waals surface area contributed by atoms with Crippen molar-refractivity contribution >= 4 is 6.09 Å². The topological polar surface area (TPSA) is 56.6 Å². The summed E-state index contributed by atoms with van der Waals surface area (Å²) in [6, 6.07) is 10.3. The van der Waals surface area contributed by atoms with E-state index in [-0.39, 0.29) is 6.09 Å². The molecule has 23 heavy (non-hydrogen) atoms. The fourth-order valence-corrected chi connectivity index (χ4v) is 2.60. The van der Waals surface area contributed by atoms with Crippen LogP contribution in [-0.2, 0) is 17.7 Å². The van der Waals surface area contributed by atoms with E-state index in [9.17, 15) is 4.79 Å². The lowest BCUT2D eigenvalue weighted by Gasteiger charge is -2.35. The molecule has 1 aliphatic heterocycles. The molecule has 0 aromatic heterocycles. The van der Waals surface area contributed by atoms with Crippen LogP contribution in [0.15, 0.2) is 24.3 Å². The third-order valence-corrected chi connectivity index (χ3v) is 3.70. The average Bonchev–Trinajstić information content (AvgIpc) is 2.47. The molecular formula is C18H25N3O2. The van der Waals surface area contributed by atoms with E-state index in [4.69, 9.17) is 10.00 Å². The van der Waals surface area contributed by atoms with Crippen molar-refractivity contribution in [3.05, 3.63) is 35.4 Å². The number of piperazine rings is 1. The van der Waals surface area contributed by atoms with E-state index in [2.05, 4.69) is 23.1 Å². The van der Waals surface area contributed by atoms with Crippen LogP contribution in [0.5, 0.6) is 0 Å². The molecule has 0 unspecified atom stereocenters. The maximum atomic E-state index is 12.0. The minimum Gasteiger partial charge on any atom is -0.444 e. The SMILES string of the molecule is CC(C)(C)OC(=O)N1CCN(Cc2cccc(CC#N)c2)CC1. The van der Waals surface area contributed by atoms with Gasteiger partial charge < -0.3 is 9.64 Å². The first-order valence-corrected chi connectivity index (χ1v) is 8.02. The number of rotatable bonds is 3. The second-order valence-electron chi connectivity index (χ2n) is 6.90. The normalized spacial score (nSPS) is 16.0. The Bertz CT molecular complexity index is 579. The highest BCUT2D eigenvalue weighted by Gasteiger charge is 2.25. The summed E-state index contributed by atoms with van der Waals surface area (Å²) in [7, 11) is 0. The molecule has 2 rings (SSSR count). The largest absolute Gasteiger partial charge is 0.444 e. The molecule has 0 atom stereocenters. The highest BCUT2D eigenvalue weighted by molar-refractivity contribution is 5.68. The number of amides is 1. The zero-order chi connectivity index (χ0) is 16.9. The molecule has 1 heterocycles. The van der Waals surface area contributed by atoms with Crippen molar-refractivity contribution in [1.29, 1.82) is 5.26 Å². The number of benzene rings is 1. The van der Waals surface area contributed by atoms with Crippen molar-refractivity contribution in [3.8, 4) is 6.07 Å². The molecule has 1 fully saturated rings. The molecule has 0 bridgehead atoms. The maximum Gasteiger partial charge on any atom is 0.410 e. The van der Waals surface area contributed by atoms with Gasteiger partial charge in [0.1, 0.15) is 5.60 Å². The molecule has 1 saturated heterocycles. The molecular weight excluding hydrogens is 290 g/mol. The monoisotopic (exact) mass is 315 g/mol. The molecule has 5 heteroatoms. The Kier molecular flexibility index (Phi) is 5.62. The number of hydrogen-bond acceptors (Lipinski definition) is 4. The average molecular weight is 315 g/mol. The fourth-order valence-electron chi connectivity index (χ4n) is 2.60. The van der Waals surface area contributed by atoms with Crippen molar-refractivity contribution < 1.29 is 9.53 Å². The van der Waals surface area contributed by atoms with Crippen LogP contribution in [0.1, 0.15) is 31.9 Å². The molecule has 0 N–H and O–H groups in total. The van der Waals surface area contributed by atoms with Gasteiger partial charge in [-0.05, 0) is 31.9 Å². The van der Waals surface area contributed by atoms with Gasteiger partial charge in [-0.15, -0.1) is 0 Å². The van der Waals surface area contributed by atoms with Crippen LogP contribution in [0.4, 0.5) is 4.79 Å². The Labute approximate surface area is 138 Å². The van der Waals surface area contributed by atoms with Gasteiger partial charge in [-0.25, -0.2) is 4.79 Å². The van der Waals surface area contributed by atoms with Gasteiger partial charge in [-0.3, -0.25) is 4.90 Å². The van der Waals surface area contributed by atoms with Crippen molar-refractivity contribution in [1.82, 2.24) is 9.80 Å². The number of hydrogen-bond donors (Lipinski definition) is 0. The lowest BCUT2D eigenvalue weighted by atomic mass is 10.1. The molecule has 5 nitrogen and oxygen atoms in total. The van der Waals surface area contributed by atoms with Crippen LogP contribution in [0, 0.1) is 11.3 Å². The Balaban J connectivity index is 1.84. The lowest BCUT2D eigenvalue weighted by Crippen LogP contribution is -2.49. The van der Waals surface area contributed by atoms with Crippen LogP contribution >= 0.6 is 0 Å². The smallest absolute Gasteiger partial charge is 0.410 e. The molecule has 0 radical (unpaired) electrons. The minimum absolute atomic E-state index is 0.229. The van der Waals surface area contributed by atoms with Crippen molar-refractivity contribution in [2.45, 2.75) is 39.3 Å². The van der Waals surface area contributed by atoms with Gasteiger partial charge in [0.25, 0.3) is 0 Å². The van der Waals surface area contributed by atoms with Gasteiger partial charge in [-0.2, -0.15) is 5.26 Å². The Hall–Kier alpha value is -2.06. The molecule has 1 amide bonds. The minimum atomic E-state index is -0.449. The standard InChI is InChI=1S/C18H25N3O2/c1-18(2,3)23-17(22)21-11-9-20(10-12-21)14-16-6-4-5-15(13-16)7-8-19/h4-6,13H,7,9-12,14H2,1-3H3. The lowest BCUT2D eigenvalue weighted by molar-refractivity contribution is 0.0139. The zero-order valence-corrected chi connectivity index (χ0v) is 14.2. The van der Waals surface area contributed by atoms with Crippen LogP contribution < -0.4 is 0 Å². The van der Waals surface area contributed by atoms with E-state index in [0.29, 0.717) is 19.5 Å². The molecule has 124 valence electrons. The predicted molar refractivity (Wildman–Crippen MR) is 88.8 cm³/mol. The van der Waals surface area contributed by atoms with Crippen molar-refractivity contribution in [2.24, 2.45) is 0 Å². The Morgan fingerprint density at radius 2 is 1.87 bits per heavy atom. The molecule has 1 aromatic carbocycles. The van der Waals surface area contributed by atoms with Crippen LogP contribution in [-0.4, -0.2) is 47.7 Å². The highest BCUT2D eigenvalue weighted by atomic mass is 16.6. The molecule has 0 saturated carbocycles. The van der Waals surface area contributed by atoms with Gasteiger partial charge in [0, 0.05) is 32.7 Å². The number of carbonyl (C=O) groups is 1. The maximum absolute atomic E-state index is 12.0. The summed E-state index contributed by atoms with van der Waals surface area (Å²) >= 11 is 0. The van der Waals surface area contributed by atoms with Crippen LogP contribution in [0.3, 0.4) is 0 Å². The molecule has 0 aliphatic carbocycles. The second-order valence-corrected chi connectivity index (χ2v) is 6.90. The molecule has 1 aromatic rings. The van der Waals surface area contributed by atoms with Gasteiger partial charge >= 0.3 is 6.09 Å². The first kappa shape index (κ1) is 17.3. The third kappa shape index (κ3) is 5.57. The van der Waals surface area contributed by atoms with E-state index < -0.39 is 5.60 Å². The van der Waals surface area contributed by atoms with Gasteiger partial charge in [-0.1, -0.05) is 24.3 Å². The Morgan fingerprint density at radius 1 is 1.22 bits per heavy atom. The Morgan fingerprint density at radius 3 is 2.48 bits per heavy atom. The third-order valence-electron chi connectivity index (χ3n) is 3.70. The number of ether oxygens (including phenoxy) is 1. The van der Waals surface area contributed by atoms with Crippen molar-refractivity contribution in [2.75, 3.05) is 26.2 Å². The summed E-state index contributed by atoms with van der Waals surface area (Å²) in [5.74, 6) is 0. The first-order valence-electron chi connectivity index (χ1n) is 8.02. The predicted octanol–water partition coefficient (Wildman–Crippen LogP) is 2.81. The molecule has 0 spiro atoms. The number of carbonyl (C=O) groups excluding carboxylic acids is 1. The fraction of sp³-hybridized carbons (Fsp3) is 0.556. The van der Waals surface area contributed by atoms with E-state index in [1.54, 1.807) is 4.90 Å². The summed E-state index contributed by atoms with van der Waals surface area (Å²) in [4.78, 5) is 16.1.